The van der Waals surface area contributed by atoms with Crippen LogP contribution in [0.15, 0.2) is 35.5 Å². The zero-order valence-corrected chi connectivity index (χ0v) is 19.8. The Balaban J connectivity index is 1.63. The van der Waals surface area contributed by atoms with Crippen molar-refractivity contribution in [3.8, 4) is 5.69 Å². The minimum atomic E-state index is -3.58. The summed E-state index contributed by atoms with van der Waals surface area (Å²) in [6.07, 6.45) is 3.77. The van der Waals surface area contributed by atoms with Crippen LogP contribution in [-0.2, 0) is 14.3 Å². The van der Waals surface area contributed by atoms with Gasteiger partial charge in [0.1, 0.15) is 0 Å². The van der Waals surface area contributed by atoms with Crippen molar-refractivity contribution in [3.05, 3.63) is 30.3 Å². The van der Waals surface area contributed by atoms with Gasteiger partial charge in [-0.3, -0.25) is 0 Å². The van der Waals surface area contributed by atoms with E-state index in [0.29, 0.717) is 5.69 Å². The van der Waals surface area contributed by atoms with Crippen molar-refractivity contribution in [2.24, 2.45) is 5.92 Å². The highest BCUT2D eigenvalue weighted by Crippen LogP contribution is 2.40. The maximum absolute atomic E-state index is 13.0. The predicted octanol–water partition coefficient (Wildman–Crippen LogP) is 4.02. The van der Waals surface area contributed by atoms with E-state index in [-0.39, 0.29) is 28.0 Å². The SMILES string of the molecule is CC(C)(C)[Si](C)(C)OC1CCC(CS(=O)(=O)c2nnnn2-c2ccccc2)CC1. The fourth-order valence-electron chi connectivity index (χ4n) is 3.50. The van der Waals surface area contributed by atoms with E-state index in [1.165, 1.54) is 4.68 Å². The van der Waals surface area contributed by atoms with Gasteiger partial charge < -0.3 is 4.43 Å². The molecule has 0 N–H and O–H groups in total. The number of hydrogen-bond donors (Lipinski definition) is 0. The summed E-state index contributed by atoms with van der Waals surface area (Å²) in [5, 5.41) is 11.4. The van der Waals surface area contributed by atoms with Crippen LogP contribution in [0.25, 0.3) is 5.69 Å². The van der Waals surface area contributed by atoms with Crippen LogP contribution in [0.3, 0.4) is 0 Å². The van der Waals surface area contributed by atoms with E-state index in [2.05, 4.69) is 49.4 Å². The minimum absolute atomic E-state index is 0.0764. The Hall–Kier alpha value is -1.58. The second kappa shape index (κ2) is 8.27. The van der Waals surface area contributed by atoms with Gasteiger partial charge >= 0.3 is 0 Å². The van der Waals surface area contributed by atoms with Crippen molar-refractivity contribution >= 4 is 18.2 Å². The Labute approximate surface area is 174 Å². The van der Waals surface area contributed by atoms with E-state index in [1.807, 2.05) is 18.2 Å². The maximum Gasteiger partial charge on any atom is 0.272 e. The molecule has 1 aromatic carbocycles. The molecule has 1 saturated carbocycles. The zero-order chi connectivity index (χ0) is 21.3. The van der Waals surface area contributed by atoms with Crippen LogP contribution in [0.2, 0.25) is 18.1 Å². The predicted molar refractivity (Wildman–Crippen MR) is 115 cm³/mol. The lowest BCUT2D eigenvalue weighted by Gasteiger charge is -2.41. The van der Waals surface area contributed by atoms with Gasteiger partial charge in [0.15, 0.2) is 8.32 Å². The van der Waals surface area contributed by atoms with Crippen molar-refractivity contribution < 1.29 is 12.8 Å². The van der Waals surface area contributed by atoms with E-state index in [9.17, 15) is 8.42 Å². The molecule has 0 unspecified atom stereocenters. The van der Waals surface area contributed by atoms with Gasteiger partial charge in [-0.15, -0.1) is 0 Å². The molecule has 0 radical (unpaired) electrons. The van der Waals surface area contributed by atoms with Gasteiger partial charge in [-0.25, -0.2) is 8.42 Å². The molecule has 0 bridgehead atoms. The average Bonchev–Trinajstić information content (AvgIpc) is 3.14. The monoisotopic (exact) mass is 436 g/mol. The van der Waals surface area contributed by atoms with Crippen LogP contribution >= 0.6 is 0 Å². The van der Waals surface area contributed by atoms with Gasteiger partial charge in [0, 0.05) is 6.10 Å². The first-order chi connectivity index (χ1) is 13.5. The summed E-state index contributed by atoms with van der Waals surface area (Å²) in [7, 11) is -5.37. The molecule has 7 nitrogen and oxygen atoms in total. The minimum Gasteiger partial charge on any atom is -0.414 e. The highest BCUT2D eigenvalue weighted by molar-refractivity contribution is 7.91. The molecule has 1 heterocycles. The summed E-state index contributed by atoms with van der Waals surface area (Å²) in [6.45, 7) is 11.3. The molecule has 0 saturated heterocycles. The number of hydrogen-bond acceptors (Lipinski definition) is 6. The zero-order valence-electron chi connectivity index (χ0n) is 18.0. The Morgan fingerprint density at radius 2 is 1.72 bits per heavy atom. The highest BCUT2D eigenvalue weighted by atomic mass is 32.2. The molecule has 1 aliphatic rings. The lowest BCUT2D eigenvalue weighted by Crippen LogP contribution is -2.44. The molecule has 1 fully saturated rings. The van der Waals surface area contributed by atoms with Crippen molar-refractivity contribution in [1.82, 2.24) is 20.2 Å². The first-order valence-corrected chi connectivity index (χ1v) is 14.8. The van der Waals surface area contributed by atoms with Crippen LogP contribution in [0.5, 0.6) is 0 Å². The Morgan fingerprint density at radius 1 is 1.10 bits per heavy atom. The molecular weight excluding hydrogens is 404 g/mol. The Bertz CT molecular complexity index is 915. The quantitative estimate of drug-likeness (QED) is 0.636. The molecule has 29 heavy (non-hydrogen) atoms. The summed E-state index contributed by atoms with van der Waals surface area (Å²) in [5.41, 5.74) is 0.641. The third-order valence-corrected chi connectivity index (χ3v) is 12.5. The van der Waals surface area contributed by atoms with Gasteiger partial charge in [-0.05, 0) is 72.3 Å². The lowest BCUT2D eigenvalue weighted by molar-refractivity contribution is 0.121. The van der Waals surface area contributed by atoms with Crippen molar-refractivity contribution in [1.29, 1.82) is 0 Å². The fourth-order valence-corrected chi connectivity index (χ4v) is 6.59. The normalized spacial score (nSPS) is 21.3. The van der Waals surface area contributed by atoms with Crippen molar-refractivity contribution in [3.63, 3.8) is 0 Å². The molecular formula is C20H32N4O3SSi. The second-order valence-electron chi connectivity index (χ2n) is 9.51. The number of benzene rings is 1. The summed E-state index contributed by atoms with van der Waals surface area (Å²) in [4.78, 5) is 0. The van der Waals surface area contributed by atoms with Crippen molar-refractivity contribution in [2.45, 2.75) is 75.8 Å². The first-order valence-electron chi connectivity index (χ1n) is 10.2. The smallest absolute Gasteiger partial charge is 0.272 e. The van der Waals surface area contributed by atoms with Gasteiger partial charge in [0.05, 0.1) is 11.4 Å². The maximum atomic E-state index is 13.0. The highest BCUT2D eigenvalue weighted by Gasteiger charge is 2.40. The van der Waals surface area contributed by atoms with Crippen LogP contribution < -0.4 is 0 Å². The molecule has 0 aliphatic heterocycles. The van der Waals surface area contributed by atoms with Gasteiger partial charge in [-0.2, -0.15) is 4.68 Å². The van der Waals surface area contributed by atoms with Crippen LogP contribution in [0.1, 0.15) is 46.5 Å². The lowest BCUT2D eigenvalue weighted by atomic mass is 9.89. The van der Waals surface area contributed by atoms with E-state index in [4.69, 9.17) is 4.43 Å². The summed E-state index contributed by atoms with van der Waals surface area (Å²) >= 11 is 0. The topological polar surface area (TPSA) is 87.0 Å². The number of sulfone groups is 1. The molecule has 3 rings (SSSR count). The van der Waals surface area contributed by atoms with E-state index in [0.717, 1.165) is 25.7 Å². The van der Waals surface area contributed by atoms with Crippen LogP contribution in [0.4, 0.5) is 0 Å². The summed E-state index contributed by atoms with van der Waals surface area (Å²) in [6, 6.07) is 9.11. The number of tetrazole rings is 1. The molecule has 9 heteroatoms. The molecule has 1 aromatic heterocycles. The van der Waals surface area contributed by atoms with Crippen LogP contribution in [0, 0.1) is 5.92 Å². The first kappa shape index (κ1) is 22.1. The largest absolute Gasteiger partial charge is 0.414 e. The average molecular weight is 437 g/mol. The third kappa shape index (κ3) is 5.13. The van der Waals surface area contributed by atoms with Crippen LogP contribution in [-0.4, -0.2) is 48.8 Å². The fraction of sp³-hybridized carbons (Fsp3) is 0.650. The summed E-state index contributed by atoms with van der Waals surface area (Å²) in [5.74, 6) is 0.188. The number of para-hydroxylation sites is 1. The summed E-state index contributed by atoms with van der Waals surface area (Å²) < 4.78 is 33.9. The Kier molecular flexibility index (Phi) is 6.31. The molecule has 0 spiro atoms. The molecule has 0 atom stereocenters. The van der Waals surface area contributed by atoms with Gasteiger partial charge in [-0.1, -0.05) is 44.1 Å². The second-order valence-corrected chi connectivity index (χ2v) is 16.2. The van der Waals surface area contributed by atoms with E-state index in [1.54, 1.807) is 12.1 Å². The Morgan fingerprint density at radius 3 is 2.31 bits per heavy atom. The number of nitrogens with zero attached hydrogens (tertiary/aromatic N) is 4. The third-order valence-electron chi connectivity index (χ3n) is 6.24. The van der Waals surface area contributed by atoms with E-state index < -0.39 is 18.2 Å². The van der Waals surface area contributed by atoms with Gasteiger partial charge in [0.25, 0.3) is 5.16 Å². The molecule has 1 aliphatic carbocycles. The molecule has 160 valence electrons. The molecule has 0 amide bonds. The molecule has 2 aromatic rings. The standard InChI is InChI=1S/C20H32N4O3SSi/c1-20(2,3)29(4,5)27-18-13-11-16(12-14-18)15-28(25,26)19-21-22-23-24(19)17-9-7-6-8-10-17/h6-10,16,18H,11-15H2,1-5H3. The van der Waals surface area contributed by atoms with Gasteiger partial charge in [0.2, 0.25) is 9.84 Å². The van der Waals surface area contributed by atoms with Crippen molar-refractivity contribution in [2.75, 3.05) is 5.75 Å². The number of aromatic nitrogens is 4. The number of rotatable bonds is 6. The van der Waals surface area contributed by atoms with E-state index >= 15 is 0 Å².